The fraction of sp³-hybridized carbons (Fsp3) is 0.714. The monoisotopic (exact) mass is 155 g/mol. The second-order valence-corrected chi connectivity index (χ2v) is 2.70. The quantitative estimate of drug-likeness (QED) is 0.644. The zero-order valence-corrected chi connectivity index (χ0v) is 7.16. The van der Waals surface area contributed by atoms with Gasteiger partial charge in [0, 0.05) is 6.42 Å². The van der Waals surface area contributed by atoms with Gasteiger partial charge in [-0.05, 0) is 14.1 Å². The molecule has 1 heterocycles. The van der Waals surface area contributed by atoms with E-state index in [-0.39, 0.29) is 0 Å². The van der Waals surface area contributed by atoms with E-state index in [1.54, 1.807) is 0 Å². The summed E-state index contributed by atoms with van der Waals surface area (Å²) in [5.74, 6) is 1.47. The molecule has 62 valence electrons. The summed E-state index contributed by atoms with van der Waals surface area (Å²) in [5, 5.41) is 3.80. The van der Waals surface area contributed by atoms with E-state index < -0.39 is 0 Å². The molecule has 0 saturated carbocycles. The van der Waals surface area contributed by atoms with Gasteiger partial charge in [-0.1, -0.05) is 12.1 Å². The summed E-state index contributed by atoms with van der Waals surface area (Å²) >= 11 is 0. The first-order chi connectivity index (χ1) is 5.22. The van der Waals surface area contributed by atoms with E-state index >= 15 is 0 Å². The van der Waals surface area contributed by atoms with E-state index in [1.165, 1.54) is 0 Å². The number of hydrogen-bond donors (Lipinski definition) is 0. The Labute approximate surface area is 66.2 Å². The first-order valence-electron chi connectivity index (χ1n) is 3.68. The molecule has 1 aromatic rings. The molecule has 0 amide bonds. The molecule has 0 saturated heterocycles. The van der Waals surface area contributed by atoms with Crippen molar-refractivity contribution in [2.24, 2.45) is 0 Å². The van der Waals surface area contributed by atoms with Gasteiger partial charge in [-0.2, -0.15) is 4.98 Å². The van der Waals surface area contributed by atoms with Crippen molar-refractivity contribution < 1.29 is 4.52 Å². The molecule has 0 bridgehead atoms. The van der Waals surface area contributed by atoms with E-state index in [4.69, 9.17) is 4.52 Å². The van der Waals surface area contributed by atoms with Gasteiger partial charge in [0.2, 0.25) is 5.89 Å². The average Bonchev–Trinajstić information content (AvgIpc) is 2.34. The van der Waals surface area contributed by atoms with E-state index in [0.29, 0.717) is 5.89 Å². The molecular formula is C7H13N3O. The summed E-state index contributed by atoms with van der Waals surface area (Å²) in [5.41, 5.74) is 0. The Morgan fingerprint density at radius 2 is 2.18 bits per heavy atom. The molecule has 0 spiro atoms. The second kappa shape index (κ2) is 3.48. The fourth-order valence-electron chi connectivity index (χ4n) is 0.781. The number of aromatic nitrogens is 2. The van der Waals surface area contributed by atoms with Gasteiger partial charge in [-0.15, -0.1) is 0 Å². The highest BCUT2D eigenvalue weighted by molar-refractivity contribution is 4.84. The molecule has 11 heavy (non-hydrogen) atoms. The van der Waals surface area contributed by atoms with Gasteiger partial charge in [0.05, 0.1) is 6.54 Å². The second-order valence-electron chi connectivity index (χ2n) is 2.70. The van der Waals surface area contributed by atoms with Crippen LogP contribution >= 0.6 is 0 Å². The molecule has 0 unspecified atom stereocenters. The molecule has 4 heteroatoms. The maximum Gasteiger partial charge on any atom is 0.226 e. The Kier molecular flexibility index (Phi) is 2.59. The first kappa shape index (κ1) is 8.20. The Morgan fingerprint density at radius 1 is 1.45 bits per heavy atom. The van der Waals surface area contributed by atoms with Gasteiger partial charge in [0.15, 0.2) is 5.82 Å². The van der Waals surface area contributed by atoms with Crippen LogP contribution in [0.3, 0.4) is 0 Å². The van der Waals surface area contributed by atoms with Crippen LogP contribution in [0.25, 0.3) is 0 Å². The Bertz CT molecular complexity index is 219. The topological polar surface area (TPSA) is 42.2 Å². The van der Waals surface area contributed by atoms with Crippen LogP contribution in [-0.2, 0) is 13.0 Å². The molecule has 0 N–H and O–H groups in total. The molecular weight excluding hydrogens is 142 g/mol. The average molecular weight is 155 g/mol. The van der Waals surface area contributed by atoms with Crippen molar-refractivity contribution in [2.75, 3.05) is 14.1 Å². The van der Waals surface area contributed by atoms with E-state index in [9.17, 15) is 0 Å². The SMILES string of the molecule is CCc1nc(CN(C)C)no1. The lowest BCUT2D eigenvalue weighted by Crippen LogP contribution is -2.11. The van der Waals surface area contributed by atoms with E-state index in [2.05, 4.69) is 10.1 Å². The molecule has 4 nitrogen and oxygen atoms in total. The lowest BCUT2D eigenvalue weighted by Gasteiger charge is -2.03. The number of rotatable bonds is 3. The fourth-order valence-corrected chi connectivity index (χ4v) is 0.781. The Balaban J connectivity index is 2.58. The third-order valence-electron chi connectivity index (χ3n) is 1.27. The molecule has 0 aliphatic heterocycles. The minimum atomic E-state index is 0.710. The summed E-state index contributed by atoms with van der Waals surface area (Å²) in [6.07, 6.45) is 0.806. The van der Waals surface area contributed by atoms with Gasteiger partial charge in [0.1, 0.15) is 0 Å². The first-order valence-corrected chi connectivity index (χ1v) is 3.68. The summed E-state index contributed by atoms with van der Waals surface area (Å²) in [4.78, 5) is 6.15. The normalized spacial score (nSPS) is 10.9. The zero-order valence-electron chi connectivity index (χ0n) is 7.16. The zero-order chi connectivity index (χ0) is 8.27. The van der Waals surface area contributed by atoms with E-state index in [0.717, 1.165) is 18.8 Å². The van der Waals surface area contributed by atoms with Crippen molar-refractivity contribution >= 4 is 0 Å². The maximum atomic E-state index is 4.93. The number of nitrogens with zero attached hydrogens (tertiary/aromatic N) is 3. The lowest BCUT2D eigenvalue weighted by atomic mass is 10.5. The predicted molar refractivity (Wildman–Crippen MR) is 41.1 cm³/mol. The molecule has 0 atom stereocenters. The van der Waals surface area contributed by atoms with E-state index in [1.807, 2.05) is 25.9 Å². The van der Waals surface area contributed by atoms with Crippen LogP contribution in [0.5, 0.6) is 0 Å². The van der Waals surface area contributed by atoms with Crippen molar-refractivity contribution in [3.05, 3.63) is 11.7 Å². The molecule has 0 aliphatic carbocycles. The summed E-state index contributed by atoms with van der Waals surface area (Å²) < 4.78 is 4.93. The van der Waals surface area contributed by atoms with Crippen LogP contribution in [-0.4, -0.2) is 29.1 Å². The van der Waals surface area contributed by atoms with Crippen molar-refractivity contribution in [1.82, 2.24) is 15.0 Å². The van der Waals surface area contributed by atoms with Crippen molar-refractivity contribution in [3.63, 3.8) is 0 Å². The van der Waals surface area contributed by atoms with Crippen LogP contribution in [0.1, 0.15) is 18.6 Å². The predicted octanol–water partition coefficient (Wildman–Crippen LogP) is 0.694. The molecule has 0 fully saturated rings. The van der Waals surface area contributed by atoms with Gasteiger partial charge < -0.3 is 9.42 Å². The van der Waals surface area contributed by atoms with Gasteiger partial charge in [0.25, 0.3) is 0 Å². The van der Waals surface area contributed by atoms with Crippen molar-refractivity contribution in [2.45, 2.75) is 19.9 Å². The third kappa shape index (κ3) is 2.31. The summed E-state index contributed by atoms with van der Waals surface area (Å²) in [7, 11) is 3.95. The smallest absolute Gasteiger partial charge is 0.226 e. The highest BCUT2D eigenvalue weighted by Gasteiger charge is 2.03. The van der Waals surface area contributed by atoms with Crippen LogP contribution in [0, 0.1) is 0 Å². The third-order valence-corrected chi connectivity index (χ3v) is 1.27. The summed E-state index contributed by atoms with van der Waals surface area (Å²) in [6, 6.07) is 0. The minimum absolute atomic E-state index is 0.710. The lowest BCUT2D eigenvalue weighted by molar-refractivity contribution is 0.350. The molecule has 0 aliphatic rings. The number of aryl methyl sites for hydroxylation is 1. The minimum Gasteiger partial charge on any atom is -0.339 e. The van der Waals surface area contributed by atoms with Crippen LogP contribution < -0.4 is 0 Å². The van der Waals surface area contributed by atoms with Crippen LogP contribution in [0.4, 0.5) is 0 Å². The Morgan fingerprint density at radius 3 is 2.64 bits per heavy atom. The van der Waals surface area contributed by atoms with Crippen molar-refractivity contribution in [1.29, 1.82) is 0 Å². The number of hydrogen-bond acceptors (Lipinski definition) is 4. The van der Waals surface area contributed by atoms with Gasteiger partial charge >= 0.3 is 0 Å². The van der Waals surface area contributed by atoms with Crippen molar-refractivity contribution in [3.8, 4) is 0 Å². The molecule has 1 aromatic heterocycles. The highest BCUT2D eigenvalue weighted by atomic mass is 16.5. The Hall–Kier alpha value is -0.900. The largest absolute Gasteiger partial charge is 0.339 e. The molecule has 0 aromatic carbocycles. The summed E-state index contributed by atoms with van der Waals surface area (Å²) in [6.45, 7) is 2.73. The molecule has 0 radical (unpaired) electrons. The standard InChI is InChI=1S/C7H13N3O/c1-4-7-8-6(9-11-7)5-10(2)3/h4-5H2,1-3H3. The molecule has 1 rings (SSSR count). The maximum absolute atomic E-state index is 4.93. The van der Waals surface area contributed by atoms with Crippen LogP contribution in [0.2, 0.25) is 0 Å². The highest BCUT2D eigenvalue weighted by Crippen LogP contribution is 1.98. The van der Waals surface area contributed by atoms with Gasteiger partial charge in [-0.3, -0.25) is 0 Å². The van der Waals surface area contributed by atoms with Gasteiger partial charge in [-0.25, -0.2) is 0 Å². The van der Waals surface area contributed by atoms with Crippen LogP contribution in [0.15, 0.2) is 4.52 Å².